The molecular formula is C16H14O. The zero-order valence-electron chi connectivity index (χ0n) is 9.65. The first-order valence-electron chi connectivity index (χ1n) is 6.02. The van der Waals surface area contributed by atoms with Crippen LogP contribution in [0.15, 0.2) is 48.5 Å². The van der Waals surface area contributed by atoms with Gasteiger partial charge in [0, 0.05) is 12.0 Å². The molecule has 0 atom stereocenters. The molecule has 1 aliphatic rings. The van der Waals surface area contributed by atoms with E-state index in [1.54, 1.807) is 0 Å². The van der Waals surface area contributed by atoms with Crippen molar-refractivity contribution in [3.05, 3.63) is 70.8 Å². The molecular weight excluding hydrogens is 208 g/mol. The molecule has 0 heterocycles. The van der Waals surface area contributed by atoms with E-state index < -0.39 is 0 Å². The minimum atomic E-state index is 0.297. The SMILES string of the molecule is O=C1CCc2cc(Cc3ccccc3)ccc21. The van der Waals surface area contributed by atoms with Gasteiger partial charge in [-0.15, -0.1) is 0 Å². The minimum Gasteiger partial charge on any atom is -0.294 e. The van der Waals surface area contributed by atoms with Crippen LogP contribution in [0.3, 0.4) is 0 Å². The predicted molar refractivity (Wildman–Crippen MR) is 68.3 cm³/mol. The summed E-state index contributed by atoms with van der Waals surface area (Å²) in [5, 5.41) is 0. The lowest BCUT2D eigenvalue weighted by molar-refractivity contribution is 0.0994. The summed E-state index contributed by atoms with van der Waals surface area (Å²) in [6, 6.07) is 16.7. The van der Waals surface area contributed by atoms with Crippen molar-refractivity contribution in [1.29, 1.82) is 0 Å². The van der Waals surface area contributed by atoms with Gasteiger partial charge in [0.25, 0.3) is 0 Å². The van der Waals surface area contributed by atoms with E-state index in [9.17, 15) is 4.79 Å². The van der Waals surface area contributed by atoms with Crippen molar-refractivity contribution in [3.8, 4) is 0 Å². The Labute approximate surface area is 101 Å². The van der Waals surface area contributed by atoms with Gasteiger partial charge < -0.3 is 0 Å². The van der Waals surface area contributed by atoms with Gasteiger partial charge in [-0.2, -0.15) is 0 Å². The van der Waals surface area contributed by atoms with E-state index in [4.69, 9.17) is 0 Å². The van der Waals surface area contributed by atoms with Gasteiger partial charge in [-0.05, 0) is 29.5 Å². The van der Waals surface area contributed by atoms with Gasteiger partial charge in [-0.25, -0.2) is 0 Å². The molecule has 84 valence electrons. The minimum absolute atomic E-state index is 0.297. The molecule has 0 unspecified atom stereocenters. The number of rotatable bonds is 2. The van der Waals surface area contributed by atoms with Crippen LogP contribution >= 0.6 is 0 Å². The molecule has 1 nitrogen and oxygen atoms in total. The van der Waals surface area contributed by atoms with Gasteiger partial charge in [0.05, 0.1) is 0 Å². The van der Waals surface area contributed by atoms with E-state index in [1.165, 1.54) is 16.7 Å². The molecule has 0 saturated carbocycles. The standard InChI is InChI=1S/C16H14O/c17-16-9-7-14-11-13(6-8-15(14)16)10-12-4-2-1-3-5-12/h1-6,8,11H,7,9-10H2. The first-order valence-corrected chi connectivity index (χ1v) is 6.02. The summed E-state index contributed by atoms with van der Waals surface area (Å²) in [6.45, 7) is 0. The molecule has 17 heavy (non-hydrogen) atoms. The molecule has 0 fully saturated rings. The number of benzene rings is 2. The van der Waals surface area contributed by atoms with Crippen LogP contribution < -0.4 is 0 Å². The lowest BCUT2D eigenvalue weighted by Gasteiger charge is -2.04. The average molecular weight is 222 g/mol. The summed E-state index contributed by atoms with van der Waals surface area (Å²) in [5.74, 6) is 0.297. The maximum atomic E-state index is 11.5. The van der Waals surface area contributed by atoms with Crippen LogP contribution in [0.4, 0.5) is 0 Å². The number of ketones is 1. The lowest BCUT2D eigenvalue weighted by Crippen LogP contribution is -1.93. The molecule has 0 saturated heterocycles. The normalized spacial score (nSPS) is 13.8. The van der Waals surface area contributed by atoms with E-state index >= 15 is 0 Å². The fraction of sp³-hybridized carbons (Fsp3) is 0.188. The van der Waals surface area contributed by atoms with Crippen LogP contribution in [0.5, 0.6) is 0 Å². The first-order chi connectivity index (χ1) is 8.33. The van der Waals surface area contributed by atoms with Gasteiger partial charge in [0.2, 0.25) is 0 Å². The molecule has 0 amide bonds. The highest BCUT2D eigenvalue weighted by molar-refractivity contribution is 6.00. The van der Waals surface area contributed by atoms with Crippen molar-refractivity contribution in [2.24, 2.45) is 0 Å². The Hall–Kier alpha value is -1.89. The van der Waals surface area contributed by atoms with Crippen LogP contribution in [0.1, 0.15) is 33.5 Å². The van der Waals surface area contributed by atoms with Crippen molar-refractivity contribution in [2.75, 3.05) is 0 Å². The predicted octanol–water partition coefficient (Wildman–Crippen LogP) is 3.41. The average Bonchev–Trinajstić information content (AvgIpc) is 2.72. The van der Waals surface area contributed by atoms with Gasteiger partial charge >= 0.3 is 0 Å². The number of aryl methyl sites for hydroxylation is 1. The topological polar surface area (TPSA) is 17.1 Å². The second-order valence-corrected chi connectivity index (χ2v) is 4.58. The maximum Gasteiger partial charge on any atom is 0.163 e. The molecule has 0 bridgehead atoms. The van der Waals surface area contributed by atoms with Crippen LogP contribution in [0.2, 0.25) is 0 Å². The molecule has 1 heteroatoms. The van der Waals surface area contributed by atoms with Crippen molar-refractivity contribution in [3.63, 3.8) is 0 Å². The number of carbonyl (C=O) groups excluding carboxylic acids is 1. The van der Waals surface area contributed by atoms with Crippen molar-refractivity contribution in [2.45, 2.75) is 19.3 Å². The summed E-state index contributed by atoms with van der Waals surface area (Å²) >= 11 is 0. The van der Waals surface area contributed by atoms with Crippen molar-refractivity contribution in [1.82, 2.24) is 0 Å². The van der Waals surface area contributed by atoms with Gasteiger partial charge in [-0.3, -0.25) is 4.79 Å². The highest BCUT2D eigenvalue weighted by Crippen LogP contribution is 2.23. The molecule has 0 N–H and O–H groups in total. The second kappa shape index (κ2) is 4.17. The number of carbonyl (C=O) groups is 1. The number of Topliss-reactive ketones (excluding diaryl/α,β-unsaturated/α-hetero) is 1. The first kappa shape index (κ1) is 10.3. The largest absolute Gasteiger partial charge is 0.294 e. The molecule has 3 rings (SSSR count). The highest BCUT2D eigenvalue weighted by atomic mass is 16.1. The van der Waals surface area contributed by atoms with Crippen LogP contribution in [-0.4, -0.2) is 5.78 Å². The number of fused-ring (bicyclic) bond motifs is 1. The third kappa shape index (κ3) is 2.01. The van der Waals surface area contributed by atoms with Gasteiger partial charge in [0.1, 0.15) is 0 Å². The van der Waals surface area contributed by atoms with Gasteiger partial charge in [-0.1, -0.05) is 48.5 Å². The Morgan fingerprint density at radius 3 is 2.53 bits per heavy atom. The number of hydrogen-bond acceptors (Lipinski definition) is 1. The summed E-state index contributed by atoms with van der Waals surface area (Å²) in [5.41, 5.74) is 4.77. The van der Waals surface area contributed by atoms with E-state index in [2.05, 4.69) is 36.4 Å². The third-order valence-corrected chi connectivity index (χ3v) is 3.34. The van der Waals surface area contributed by atoms with E-state index in [-0.39, 0.29) is 0 Å². The Bertz CT molecular complexity index is 555. The summed E-state index contributed by atoms with van der Waals surface area (Å²) in [4.78, 5) is 11.5. The molecule has 0 spiro atoms. The second-order valence-electron chi connectivity index (χ2n) is 4.58. The Morgan fingerprint density at radius 1 is 0.882 bits per heavy atom. The van der Waals surface area contributed by atoms with Crippen LogP contribution in [0, 0.1) is 0 Å². The Balaban J connectivity index is 1.88. The Morgan fingerprint density at radius 2 is 1.71 bits per heavy atom. The summed E-state index contributed by atoms with van der Waals surface area (Å²) in [7, 11) is 0. The fourth-order valence-corrected chi connectivity index (χ4v) is 2.45. The molecule has 0 aromatic heterocycles. The zero-order valence-corrected chi connectivity index (χ0v) is 9.65. The summed E-state index contributed by atoms with van der Waals surface area (Å²) in [6.07, 6.45) is 2.54. The molecule has 0 radical (unpaired) electrons. The maximum absolute atomic E-state index is 11.5. The Kier molecular flexibility index (Phi) is 2.52. The van der Waals surface area contributed by atoms with E-state index in [0.717, 1.165) is 18.4 Å². The van der Waals surface area contributed by atoms with E-state index in [1.807, 2.05) is 12.1 Å². The number of hydrogen-bond donors (Lipinski definition) is 0. The third-order valence-electron chi connectivity index (χ3n) is 3.34. The monoisotopic (exact) mass is 222 g/mol. The fourth-order valence-electron chi connectivity index (χ4n) is 2.45. The van der Waals surface area contributed by atoms with Crippen LogP contribution in [0.25, 0.3) is 0 Å². The van der Waals surface area contributed by atoms with Crippen LogP contribution in [-0.2, 0) is 12.8 Å². The molecule has 1 aliphatic carbocycles. The smallest absolute Gasteiger partial charge is 0.163 e. The highest BCUT2D eigenvalue weighted by Gasteiger charge is 2.18. The summed E-state index contributed by atoms with van der Waals surface area (Å²) < 4.78 is 0. The zero-order chi connectivity index (χ0) is 11.7. The molecule has 0 aliphatic heterocycles. The van der Waals surface area contributed by atoms with Crippen molar-refractivity contribution >= 4 is 5.78 Å². The lowest BCUT2D eigenvalue weighted by atomic mass is 10.0. The quantitative estimate of drug-likeness (QED) is 0.761. The molecule has 2 aromatic carbocycles. The van der Waals surface area contributed by atoms with Gasteiger partial charge in [0.15, 0.2) is 5.78 Å². The molecule has 2 aromatic rings. The van der Waals surface area contributed by atoms with E-state index in [0.29, 0.717) is 12.2 Å². The van der Waals surface area contributed by atoms with Crippen molar-refractivity contribution < 1.29 is 4.79 Å².